The predicted molar refractivity (Wildman–Crippen MR) is 96.4 cm³/mol. The van der Waals surface area contributed by atoms with Gasteiger partial charge in [-0.2, -0.15) is 0 Å². The maximum absolute atomic E-state index is 12.4. The Kier molecular flexibility index (Phi) is 6.34. The van der Waals surface area contributed by atoms with Crippen LogP contribution < -0.4 is 0 Å². The van der Waals surface area contributed by atoms with Gasteiger partial charge in [0.15, 0.2) is 0 Å². The molecule has 2 atom stereocenters. The van der Waals surface area contributed by atoms with Gasteiger partial charge in [0.25, 0.3) is 0 Å². The van der Waals surface area contributed by atoms with Crippen molar-refractivity contribution < 1.29 is 19.1 Å². The lowest BCUT2D eigenvalue weighted by Crippen LogP contribution is -2.40. The Balaban J connectivity index is 1.98. The average Bonchev–Trinajstić information content (AvgIpc) is 2.66. The van der Waals surface area contributed by atoms with Gasteiger partial charge in [0.1, 0.15) is 5.60 Å². The van der Waals surface area contributed by atoms with E-state index in [2.05, 4.69) is 0 Å². The zero-order valence-corrected chi connectivity index (χ0v) is 14.9. The Hall–Kier alpha value is -2.62. The van der Waals surface area contributed by atoms with Crippen LogP contribution in [-0.2, 0) is 9.47 Å². The molecule has 0 N–H and O–H groups in total. The maximum Gasteiger partial charge on any atom is 0.338 e. The third-order valence-electron chi connectivity index (χ3n) is 4.55. The molecule has 4 nitrogen and oxygen atoms in total. The molecule has 0 radical (unpaired) electrons. The van der Waals surface area contributed by atoms with E-state index in [0.717, 1.165) is 0 Å². The summed E-state index contributed by atoms with van der Waals surface area (Å²) in [6.45, 7) is 5.92. The fraction of sp³-hybridized carbons (Fsp3) is 0.333. The summed E-state index contributed by atoms with van der Waals surface area (Å²) in [5.74, 6) is -0.885. The summed E-state index contributed by atoms with van der Waals surface area (Å²) >= 11 is 0. The Morgan fingerprint density at radius 2 is 1.40 bits per heavy atom. The number of rotatable bonds is 7. The fourth-order valence-electron chi connectivity index (χ4n) is 2.40. The first-order valence-electron chi connectivity index (χ1n) is 8.47. The van der Waals surface area contributed by atoms with Crippen molar-refractivity contribution in [3.8, 4) is 0 Å². The summed E-state index contributed by atoms with van der Waals surface area (Å²) in [6.07, 6.45) is 0.621. The molecule has 2 aromatic carbocycles. The number of benzene rings is 2. The van der Waals surface area contributed by atoms with Crippen LogP contribution in [-0.4, -0.2) is 24.1 Å². The van der Waals surface area contributed by atoms with E-state index in [1.54, 1.807) is 48.5 Å². The first-order valence-corrected chi connectivity index (χ1v) is 8.47. The standard InChI is InChI=1S/C21H24O4/c1-4-21(3,25-20(23)18-13-9-6-10-14-18)16(2)15-24-19(22)17-11-7-5-8-12-17/h5-14,16H,4,15H2,1-3H3. The van der Waals surface area contributed by atoms with Crippen molar-refractivity contribution in [1.82, 2.24) is 0 Å². The van der Waals surface area contributed by atoms with E-state index in [-0.39, 0.29) is 24.5 Å². The monoisotopic (exact) mass is 340 g/mol. The van der Waals surface area contributed by atoms with Gasteiger partial charge in [-0.3, -0.25) is 0 Å². The number of esters is 2. The third kappa shape index (κ3) is 4.92. The molecular formula is C21H24O4. The Morgan fingerprint density at radius 3 is 1.88 bits per heavy atom. The second-order valence-corrected chi connectivity index (χ2v) is 6.29. The molecule has 0 fully saturated rings. The second kappa shape index (κ2) is 8.47. The van der Waals surface area contributed by atoms with Crippen molar-refractivity contribution in [2.45, 2.75) is 32.8 Å². The van der Waals surface area contributed by atoms with Gasteiger partial charge in [-0.1, -0.05) is 50.2 Å². The highest BCUT2D eigenvalue weighted by molar-refractivity contribution is 5.90. The van der Waals surface area contributed by atoms with Crippen LogP contribution in [0.25, 0.3) is 0 Å². The van der Waals surface area contributed by atoms with Gasteiger partial charge in [0.2, 0.25) is 0 Å². The minimum Gasteiger partial charge on any atom is -0.462 e. The summed E-state index contributed by atoms with van der Waals surface area (Å²) in [6, 6.07) is 17.7. The maximum atomic E-state index is 12.4. The van der Waals surface area contributed by atoms with Gasteiger partial charge < -0.3 is 9.47 Å². The molecule has 0 amide bonds. The molecule has 0 aliphatic heterocycles. The number of carbonyl (C=O) groups is 2. The van der Waals surface area contributed by atoms with Gasteiger partial charge in [0.05, 0.1) is 17.7 Å². The van der Waals surface area contributed by atoms with Crippen LogP contribution in [0.1, 0.15) is 47.9 Å². The van der Waals surface area contributed by atoms with Crippen LogP contribution >= 0.6 is 0 Å². The first-order chi connectivity index (χ1) is 12.0. The first kappa shape index (κ1) is 18.7. The summed E-state index contributed by atoms with van der Waals surface area (Å²) in [4.78, 5) is 24.4. The molecule has 0 aliphatic rings. The minimum absolute atomic E-state index is 0.141. The predicted octanol–water partition coefficient (Wildman–Crippen LogP) is 4.51. The van der Waals surface area contributed by atoms with E-state index in [1.165, 1.54) is 0 Å². The van der Waals surface area contributed by atoms with Crippen LogP contribution in [0.2, 0.25) is 0 Å². The normalized spacial score (nSPS) is 14.2. The Bertz CT molecular complexity index is 696. The fourth-order valence-corrected chi connectivity index (χ4v) is 2.40. The molecule has 0 bridgehead atoms. The molecule has 132 valence electrons. The largest absolute Gasteiger partial charge is 0.462 e. The lowest BCUT2D eigenvalue weighted by Gasteiger charge is -2.34. The lowest BCUT2D eigenvalue weighted by molar-refractivity contribution is -0.0540. The van der Waals surface area contributed by atoms with Crippen molar-refractivity contribution in [2.24, 2.45) is 5.92 Å². The van der Waals surface area contributed by atoms with Crippen molar-refractivity contribution in [1.29, 1.82) is 0 Å². The van der Waals surface area contributed by atoms with Crippen LogP contribution in [0, 0.1) is 5.92 Å². The summed E-state index contributed by atoms with van der Waals surface area (Å²) in [5, 5.41) is 0. The number of ether oxygens (including phenoxy) is 2. The number of carbonyl (C=O) groups excluding carboxylic acids is 2. The van der Waals surface area contributed by atoms with E-state index in [9.17, 15) is 9.59 Å². The summed E-state index contributed by atoms with van der Waals surface area (Å²) in [7, 11) is 0. The molecule has 2 rings (SSSR count). The van der Waals surface area contributed by atoms with Gasteiger partial charge in [-0.05, 0) is 37.6 Å². The highest BCUT2D eigenvalue weighted by Gasteiger charge is 2.34. The molecule has 2 unspecified atom stereocenters. The zero-order chi connectivity index (χ0) is 18.3. The molecule has 0 saturated carbocycles. The molecule has 0 heterocycles. The van der Waals surface area contributed by atoms with Crippen molar-refractivity contribution in [3.05, 3.63) is 71.8 Å². The molecule has 2 aromatic rings. The van der Waals surface area contributed by atoms with Gasteiger partial charge in [-0.15, -0.1) is 0 Å². The second-order valence-electron chi connectivity index (χ2n) is 6.29. The number of hydrogen-bond donors (Lipinski definition) is 0. The molecule has 0 spiro atoms. The molecule has 0 aliphatic carbocycles. The number of hydrogen-bond acceptors (Lipinski definition) is 4. The quantitative estimate of drug-likeness (QED) is 0.696. The van der Waals surface area contributed by atoms with E-state index in [1.807, 2.05) is 32.9 Å². The van der Waals surface area contributed by atoms with Crippen LogP contribution in [0.4, 0.5) is 0 Å². The third-order valence-corrected chi connectivity index (χ3v) is 4.55. The summed E-state index contributed by atoms with van der Waals surface area (Å²) < 4.78 is 11.1. The highest BCUT2D eigenvalue weighted by Crippen LogP contribution is 2.27. The molecule has 4 heteroatoms. The van der Waals surface area contributed by atoms with E-state index in [4.69, 9.17) is 9.47 Å². The van der Waals surface area contributed by atoms with Crippen molar-refractivity contribution in [2.75, 3.05) is 6.61 Å². The lowest BCUT2D eigenvalue weighted by atomic mass is 9.88. The average molecular weight is 340 g/mol. The topological polar surface area (TPSA) is 52.6 Å². The van der Waals surface area contributed by atoms with Crippen molar-refractivity contribution >= 4 is 11.9 Å². The smallest absolute Gasteiger partial charge is 0.338 e. The SMILES string of the molecule is CCC(C)(OC(=O)c1ccccc1)C(C)COC(=O)c1ccccc1. The van der Waals surface area contributed by atoms with Crippen molar-refractivity contribution in [3.63, 3.8) is 0 Å². The van der Waals surface area contributed by atoms with Gasteiger partial charge >= 0.3 is 11.9 Å². The highest BCUT2D eigenvalue weighted by atomic mass is 16.6. The van der Waals surface area contributed by atoms with Gasteiger partial charge in [-0.25, -0.2) is 9.59 Å². The summed E-state index contributed by atoms with van der Waals surface area (Å²) in [5.41, 5.74) is 0.300. The molecular weight excluding hydrogens is 316 g/mol. The molecule has 25 heavy (non-hydrogen) atoms. The van der Waals surface area contributed by atoms with Crippen LogP contribution in [0.5, 0.6) is 0 Å². The van der Waals surface area contributed by atoms with Crippen LogP contribution in [0.3, 0.4) is 0 Å². The zero-order valence-electron chi connectivity index (χ0n) is 14.9. The minimum atomic E-state index is -0.718. The van der Waals surface area contributed by atoms with E-state index >= 15 is 0 Å². The van der Waals surface area contributed by atoms with E-state index in [0.29, 0.717) is 17.5 Å². The van der Waals surface area contributed by atoms with E-state index < -0.39 is 5.60 Å². The Labute approximate surface area is 148 Å². The Morgan fingerprint density at radius 1 is 0.920 bits per heavy atom. The molecule has 0 aromatic heterocycles. The van der Waals surface area contributed by atoms with Crippen LogP contribution in [0.15, 0.2) is 60.7 Å². The van der Waals surface area contributed by atoms with Gasteiger partial charge in [0, 0.05) is 5.92 Å². The molecule has 0 saturated heterocycles.